The summed E-state index contributed by atoms with van der Waals surface area (Å²) in [6, 6.07) is 11.2. The van der Waals surface area contributed by atoms with Gasteiger partial charge in [0.15, 0.2) is 0 Å². The molecule has 1 unspecified atom stereocenters. The summed E-state index contributed by atoms with van der Waals surface area (Å²) in [5.74, 6) is 0. The van der Waals surface area contributed by atoms with Gasteiger partial charge in [0.2, 0.25) is 0 Å². The van der Waals surface area contributed by atoms with Crippen LogP contribution in [0.2, 0.25) is 15.1 Å². The molecule has 1 aliphatic heterocycles. The van der Waals surface area contributed by atoms with E-state index < -0.39 is 6.10 Å². The molecule has 2 heterocycles. The van der Waals surface area contributed by atoms with Gasteiger partial charge in [0.1, 0.15) is 0 Å². The minimum atomic E-state index is -0.602. The van der Waals surface area contributed by atoms with E-state index in [0.29, 0.717) is 16.6 Å². The average molecular weight is 396 g/mol. The summed E-state index contributed by atoms with van der Waals surface area (Å²) in [6.45, 7) is 2.22. The van der Waals surface area contributed by atoms with Crippen molar-refractivity contribution in [2.75, 3.05) is 13.1 Å². The molecule has 3 nitrogen and oxygen atoms in total. The number of hydrogen-bond acceptors (Lipinski definition) is 2. The number of aliphatic hydroxyl groups excluding tert-OH is 1. The minimum Gasteiger partial charge on any atom is -0.387 e. The minimum absolute atomic E-state index is 0.464. The smallest absolute Gasteiger partial charge is 0.0917 e. The Morgan fingerprint density at radius 1 is 1.08 bits per heavy atom. The Kier molecular flexibility index (Phi) is 4.69. The summed E-state index contributed by atoms with van der Waals surface area (Å²) in [5.41, 5.74) is 4.42. The molecule has 3 aromatic rings. The van der Waals surface area contributed by atoms with Gasteiger partial charge in [0.05, 0.1) is 16.1 Å². The van der Waals surface area contributed by atoms with Gasteiger partial charge in [0, 0.05) is 41.3 Å². The van der Waals surface area contributed by atoms with Crippen molar-refractivity contribution in [1.82, 2.24) is 9.88 Å². The van der Waals surface area contributed by atoms with Crippen LogP contribution in [0.5, 0.6) is 0 Å². The lowest BCUT2D eigenvalue weighted by atomic mass is 10.0. The predicted molar refractivity (Wildman–Crippen MR) is 104 cm³/mol. The van der Waals surface area contributed by atoms with Crippen LogP contribution in [-0.2, 0) is 13.0 Å². The Morgan fingerprint density at radius 3 is 2.72 bits per heavy atom. The summed E-state index contributed by atoms with van der Waals surface area (Å²) in [6.07, 6.45) is 0.333. The topological polar surface area (TPSA) is 39.3 Å². The van der Waals surface area contributed by atoms with E-state index in [0.717, 1.165) is 35.6 Å². The summed E-state index contributed by atoms with van der Waals surface area (Å²) >= 11 is 18.1. The van der Waals surface area contributed by atoms with E-state index in [1.165, 1.54) is 16.6 Å². The van der Waals surface area contributed by atoms with Crippen molar-refractivity contribution in [1.29, 1.82) is 0 Å². The second kappa shape index (κ2) is 6.82. The van der Waals surface area contributed by atoms with Crippen LogP contribution in [0.4, 0.5) is 0 Å². The van der Waals surface area contributed by atoms with Crippen molar-refractivity contribution in [3.63, 3.8) is 0 Å². The first kappa shape index (κ1) is 17.2. The molecule has 2 aromatic carbocycles. The van der Waals surface area contributed by atoms with Crippen LogP contribution >= 0.6 is 34.8 Å². The Bertz CT molecular complexity index is 938. The van der Waals surface area contributed by atoms with Crippen LogP contribution in [0.25, 0.3) is 10.9 Å². The molecule has 0 saturated carbocycles. The van der Waals surface area contributed by atoms with E-state index in [1.54, 1.807) is 12.1 Å². The maximum absolute atomic E-state index is 10.5. The highest BCUT2D eigenvalue weighted by atomic mass is 35.5. The third-order valence-electron chi connectivity index (χ3n) is 4.78. The molecule has 1 atom stereocenters. The van der Waals surface area contributed by atoms with Crippen LogP contribution in [0.3, 0.4) is 0 Å². The molecule has 0 saturated heterocycles. The van der Waals surface area contributed by atoms with Crippen molar-refractivity contribution in [3.8, 4) is 0 Å². The highest BCUT2D eigenvalue weighted by Crippen LogP contribution is 2.31. The third kappa shape index (κ3) is 3.40. The van der Waals surface area contributed by atoms with E-state index >= 15 is 0 Å². The van der Waals surface area contributed by atoms with Crippen molar-refractivity contribution in [2.24, 2.45) is 0 Å². The molecule has 0 fully saturated rings. The van der Waals surface area contributed by atoms with Gasteiger partial charge in [-0.15, -0.1) is 0 Å². The van der Waals surface area contributed by atoms with Crippen molar-refractivity contribution in [3.05, 3.63) is 68.3 Å². The molecular formula is C19H17Cl3N2O. The Morgan fingerprint density at radius 2 is 1.92 bits per heavy atom. The van der Waals surface area contributed by atoms with Crippen molar-refractivity contribution >= 4 is 45.7 Å². The van der Waals surface area contributed by atoms with Crippen LogP contribution in [0, 0.1) is 0 Å². The Labute approximate surface area is 161 Å². The van der Waals surface area contributed by atoms with Gasteiger partial charge < -0.3 is 10.1 Å². The zero-order valence-electron chi connectivity index (χ0n) is 13.4. The molecule has 0 radical (unpaired) electrons. The fourth-order valence-corrected chi connectivity index (χ4v) is 3.97. The number of H-pyrrole nitrogens is 1. The highest BCUT2D eigenvalue weighted by molar-refractivity contribution is 6.42. The van der Waals surface area contributed by atoms with Crippen molar-refractivity contribution in [2.45, 2.75) is 19.1 Å². The number of fused-ring (bicyclic) bond motifs is 3. The highest BCUT2D eigenvalue weighted by Gasteiger charge is 2.23. The quantitative estimate of drug-likeness (QED) is 0.638. The maximum atomic E-state index is 10.5. The van der Waals surface area contributed by atoms with Crippen LogP contribution in [0.15, 0.2) is 36.4 Å². The second-order valence-corrected chi connectivity index (χ2v) is 7.70. The summed E-state index contributed by atoms with van der Waals surface area (Å²) in [4.78, 5) is 5.72. The van der Waals surface area contributed by atoms with E-state index in [9.17, 15) is 5.11 Å². The first-order valence-corrected chi connectivity index (χ1v) is 9.29. The van der Waals surface area contributed by atoms with Gasteiger partial charge in [-0.05, 0) is 47.9 Å². The normalized spacial score (nSPS) is 16.2. The maximum Gasteiger partial charge on any atom is 0.0917 e. The fraction of sp³-hybridized carbons (Fsp3) is 0.263. The van der Waals surface area contributed by atoms with E-state index in [1.807, 2.05) is 24.3 Å². The summed E-state index contributed by atoms with van der Waals surface area (Å²) in [5, 5.41) is 13.5. The van der Waals surface area contributed by atoms with Gasteiger partial charge in [-0.1, -0.05) is 40.9 Å². The number of aliphatic hydroxyl groups is 1. The first-order chi connectivity index (χ1) is 12.0. The number of aromatic nitrogens is 1. The number of benzene rings is 2. The lowest BCUT2D eigenvalue weighted by Crippen LogP contribution is -2.33. The van der Waals surface area contributed by atoms with E-state index in [4.69, 9.17) is 34.8 Å². The molecule has 4 rings (SSSR count). The first-order valence-electron chi connectivity index (χ1n) is 8.15. The molecule has 0 bridgehead atoms. The molecule has 25 heavy (non-hydrogen) atoms. The van der Waals surface area contributed by atoms with Gasteiger partial charge in [-0.2, -0.15) is 0 Å². The molecule has 130 valence electrons. The number of halogens is 3. The predicted octanol–water partition coefficient (Wildman–Crippen LogP) is 5.22. The lowest BCUT2D eigenvalue weighted by Gasteiger charge is -2.29. The Balaban J connectivity index is 1.52. The number of aromatic amines is 1. The molecule has 1 aromatic heterocycles. The molecule has 0 aliphatic carbocycles. The number of nitrogens with zero attached hydrogens (tertiary/aromatic N) is 1. The fourth-order valence-electron chi connectivity index (χ4n) is 3.49. The Hall–Kier alpha value is -1.23. The third-order valence-corrected chi connectivity index (χ3v) is 5.75. The van der Waals surface area contributed by atoms with Crippen LogP contribution in [-0.4, -0.2) is 28.1 Å². The molecular weight excluding hydrogens is 379 g/mol. The molecule has 2 N–H and O–H groups in total. The number of rotatable bonds is 3. The summed E-state index contributed by atoms with van der Waals surface area (Å²) in [7, 11) is 0. The zero-order valence-corrected chi connectivity index (χ0v) is 15.7. The number of β-amino-alcohol motifs (C(OH)–C–C–N with tert-alkyl or cyclic N) is 1. The van der Waals surface area contributed by atoms with E-state index in [-0.39, 0.29) is 0 Å². The number of nitrogens with one attached hydrogen (secondary N) is 1. The zero-order chi connectivity index (χ0) is 17.6. The summed E-state index contributed by atoms with van der Waals surface area (Å²) < 4.78 is 0. The number of hydrogen-bond donors (Lipinski definition) is 2. The largest absolute Gasteiger partial charge is 0.387 e. The standard InChI is InChI=1S/C19H17Cl3N2O/c20-12-2-4-17-14(8-12)13-5-6-24(9-18(13)23-17)10-19(25)11-1-3-15(21)16(22)7-11/h1-4,7-8,19,23,25H,5-6,9-10H2. The molecule has 1 aliphatic rings. The van der Waals surface area contributed by atoms with Crippen LogP contribution < -0.4 is 0 Å². The van der Waals surface area contributed by atoms with E-state index in [2.05, 4.69) is 9.88 Å². The van der Waals surface area contributed by atoms with Crippen molar-refractivity contribution < 1.29 is 5.11 Å². The lowest BCUT2D eigenvalue weighted by molar-refractivity contribution is 0.105. The second-order valence-electron chi connectivity index (χ2n) is 6.45. The SMILES string of the molecule is OC(CN1CCc2c([nH]c3ccc(Cl)cc23)C1)c1ccc(Cl)c(Cl)c1. The molecule has 0 amide bonds. The average Bonchev–Trinajstić information content (AvgIpc) is 2.94. The van der Waals surface area contributed by atoms with Gasteiger partial charge in [-0.3, -0.25) is 4.90 Å². The molecule has 0 spiro atoms. The van der Waals surface area contributed by atoms with Gasteiger partial charge in [0.25, 0.3) is 0 Å². The molecule has 6 heteroatoms. The monoisotopic (exact) mass is 394 g/mol. The van der Waals surface area contributed by atoms with Gasteiger partial charge >= 0.3 is 0 Å². The van der Waals surface area contributed by atoms with Gasteiger partial charge in [-0.25, -0.2) is 0 Å². The van der Waals surface area contributed by atoms with Crippen LogP contribution in [0.1, 0.15) is 22.9 Å².